The predicted molar refractivity (Wildman–Crippen MR) is 65.1 cm³/mol. The van der Waals surface area contributed by atoms with Crippen molar-refractivity contribution in [3.05, 3.63) is 23.6 Å². The average Bonchev–Trinajstić information content (AvgIpc) is 2.42. The van der Waals surface area contributed by atoms with Gasteiger partial charge in [0.05, 0.1) is 11.6 Å². The van der Waals surface area contributed by atoms with E-state index < -0.39 is 29.5 Å². The maximum Gasteiger partial charge on any atom is 0.417 e. The van der Waals surface area contributed by atoms with Gasteiger partial charge in [-0.25, -0.2) is 9.37 Å². The van der Waals surface area contributed by atoms with Gasteiger partial charge in [0.1, 0.15) is 6.10 Å². The molecule has 0 aromatic carbocycles. The summed E-state index contributed by atoms with van der Waals surface area (Å²) in [6.07, 6.45) is -2.69. The van der Waals surface area contributed by atoms with E-state index in [9.17, 15) is 22.4 Å². The number of piperidine rings is 1. The summed E-state index contributed by atoms with van der Waals surface area (Å²) in [6.45, 7) is 2.31. The minimum Gasteiger partial charge on any atom is -0.470 e. The van der Waals surface area contributed by atoms with Gasteiger partial charge in [0, 0.05) is 12.7 Å². The molecule has 0 radical (unpaired) electrons. The first-order valence-corrected chi connectivity index (χ1v) is 6.43. The fraction of sp³-hybridized carbons (Fsp3) is 0.538. The van der Waals surface area contributed by atoms with Crippen LogP contribution in [0, 0.1) is 5.82 Å². The molecule has 0 N–H and O–H groups in total. The Morgan fingerprint density at radius 1 is 1.48 bits per heavy atom. The van der Waals surface area contributed by atoms with Crippen molar-refractivity contribution in [1.82, 2.24) is 9.88 Å². The molecule has 1 saturated heterocycles. The van der Waals surface area contributed by atoms with Crippen molar-refractivity contribution in [3.8, 4) is 5.88 Å². The van der Waals surface area contributed by atoms with Gasteiger partial charge in [-0.2, -0.15) is 13.2 Å². The Bertz CT molecular complexity index is 521. The number of hydrogen-bond acceptors (Lipinski definition) is 3. The summed E-state index contributed by atoms with van der Waals surface area (Å²) < 4.78 is 56.3. The second-order valence-corrected chi connectivity index (χ2v) is 4.89. The van der Waals surface area contributed by atoms with Crippen molar-refractivity contribution in [1.29, 1.82) is 0 Å². The maximum atomic E-state index is 13.7. The Morgan fingerprint density at radius 2 is 2.19 bits per heavy atom. The summed E-state index contributed by atoms with van der Waals surface area (Å²) in [5.41, 5.74) is -1.17. The first kappa shape index (κ1) is 15.5. The highest BCUT2D eigenvalue weighted by Gasteiger charge is 2.33. The number of rotatable bonds is 3. The van der Waals surface area contributed by atoms with Crippen molar-refractivity contribution in [2.75, 3.05) is 6.54 Å². The number of halogens is 4. The smallest absolute Gasteiger partial charge is 0.417 e. The lowest BCUT2D eigenvalue weighted by molar-refractivity contribution is -0.138. The number of amides is 1. The Kier molecular flexibility index (Phi) is 4.34. The number of aromatic nitrogens is 1. The lowest BCUT2D eigenvalue weighted by Crippen LogP contribution is -2.48. The molecule has 0 spiro atoms. The first-order valence-electron chi connectivity index (χ1n) is 6.43. The van der Waals surface area contributed by atoms with Crippen molar-refractivity contribution < 1.29 is 27.1 Å². The van der Waals surface area contributed by atoms with Gasteiger partial charge in [0.25, 0.3) is 5.88 Å². The van der Waals surface area contributed by atoms with E-state index in [4.69, 9.17) is 4.74 Å². The van der Waals surface area contributed by atoms with Gasteiger partial charge < -0.3 is 9.64 Å². The van der Waals surface area contributed by atoms with Crippen molar-refractivity contribution in [3.63, 3.8) is 0 Å². The molecule has 21 heavy (non-hydrogen) atoms. The molecule has 0 bridgehead atoms. The van der Waals surface area contributed by atoms with E-state index in [2.05, 4.69) is 4.98 Å². The lowest BCUT2D eigenvalue weighted by Gasteiger charge is -2.36. The van der Waals surface area contributed by atoms with Crippen LogP contribution in [0.5, 0.6) is 5.88 Å². The lowest BCUT2D eigenvalue weighted by atomic mass is 10.0. The molecule has 0 unspecified atom stereocenters. The molecule has 1 aliphatic rings. The molecule has 2 atom stereocenters. The quantitative estimate of drug-likeness (QED) is 0.637. The maximum absolute atomic E-state index is 13.7. The SMILES string of the molecule is C[C@H]1[C@H](Oc2ncc(C(F)(F)F)cc2F)CCCN1C=O. The van der Waals surface area contributed by atoms with Crippen molar-refractivity contribution >= 4 is 6.41 Å². The number of likely N-dealkylation sites (tertiary alicyclic amines) is 1. The molecule has 1 aromatic rings. The van der Waals surface area contributed by atoms with Gasteiger partial charge in [0.15, 0.2) is 5.82 Å². The van der Waals surface area contributed by atoms with Crippen LogP contribution in [0.25, 0.3) is 0 Å². The summed E-state index contributed by atoms with van der Waals surface area (Å²) in [4.78, 5) is 15.8. The summed E-state index contributed by atoms with van der Waals surface area (Å²) in [5.74, 6) is -1.65. The molecule has 0 saturated carbocycles. The molecule has 2 rings (SSSR count). The van der Waals surface area contributed by atoms with Crippen LogP contribution in [-0.4, -0.2) is 35.0 Å². The van der Waals surface area contributed by atoms with Crippen molar-refractivity contribution in [2.24, 2.45) is 0 Å². The predicted octanol–water partition coefficient (Wildman–Crippen LogP) is 2.63. The number of pyridine rings is 1. The van der Waals surface area contributed by atoms with Crippen molar-refractivity contribution in [2.45, 2.75) is 38.1 Å². The molecule has 116 valence electrons. The molecule has 1 aliphatic heterocycles. The zero-order chi connectivity index (χ0) is 15.6. The van der Waals surface area contributed by atoms with E-state index >= 15 is 0 Å². The van der Waals surface area contributed by atoms with Crippen LogP contribution in [0.3, 0.4) is 0 Å². The van der Waals surface area contributed by atoms with Crippen LogP contribution in [0.1, 0.15) is 25.3 Å². The molecule has 1 fully saturated rings. The van der Waals surface area contributed by atoms with E-state index in [0.29, 0.717) is 38.1 Å². The van der Waals surface area contributed by atoms with Crippen LogP contribution in [0.4, 0.5) is 17.6 Å². The van der Waals surface area contributed by atoms with E-state index in [1.54, 1.807) is 6.92 Å². The molecule has 4 nitrogen and oxygen atoms in total. The Balaban J connectivity index is 2.14. The van der Waals surface area contributed by atoms with Gasteiger partial charge in [0.2, 0.25) is 6.41 Å². The van der Waals surface area contributed by atoms with Gasteiger partial charge in [-0.05, 0) is 25.8 Å². The molecule has 8 heteroatoms. The molecule has 1 amide bonds. The number of carbonyl (C=O) groups excluding carboxylic acids is 1. The molecule has 2 heterocycles. The van der Waals surface area contributed by atoms with Gasteiger partial charge in [-0.1, -0.05) is 0 Å². The zero-order valence-electron chi connectivity index (χ0n) is 11.2. The molecular formula is C13H14F4N2O2. The monoisotopic (exact) mass is 306 g/mol. The van der Waals surface area contributed by atoms with E-state index in [1.165, 1.54) is 4.90 Å². The number of nitrogens with zero attached hydrogens (tertiary/aromatic N) is 2. The highest BCUT2D eigenvalue weighted by atomic mass is 19.4. The Morgan fingerprint density at radius 3 is 2.76 bits per heavy atom. The third-order valence-electron chi connectivity index (χ3n) is 3.50. The largest absolute Gasteiger partial charge is 0.470 e. The normalized spacial score (nSPS) is 23.0. The standard InChI is InChI=1S/C13H14F4N2O2/c1-8-11(3-2-4-19(8)7-20)21-12-10(14)5-9(6-18-12)13(15,16)17/h5-8,11H,2-4H2,1H3/t8-,11+/m0/s1. The highest BCUT2D eigenvalue weighted by molar-refractivity contribution is 5.48. The molecular weight excluding hydrogens is 292 g/mol. The number of ether oxygens (including phenoxy) is 1. The minimum atomic E-state index is -4.65. The first-order chi connectivity index (χ1) is 9.82. The topological polar surface area (TPSA) is 42.4 Å². The molecule has 1 aromatic heterocycles. The molecule has 0 aliphatic carbocycles. The van der Waals surface area contributed by atoms with Crippen LogP contribution >= 0.6 is 0 Å². The van der Waals surface area contributed by atoms with Crippen LogP contribution in [-0.2, 0) is 11.0 Å². The Labute approximate surface area is 118 Å². The van der Waals surface area contributed by atoms with Gasteiger partial charge >= 0.3 is 6.18 Å². The van der Waals surface area contributed by atoms with E-state index in [1.807, 2.05) is 0 Å². The number of hydrogen-bond donors (Lipinski definition) is 0. The summed E-state index contributed by atoms with van der Waals surface area (Å²) in [7, 11) is 0. The van der Waals surface area contributed by atoms with Crippen LogP contribution in [0.15, 0.2) is 12.3 Å². The summed E-state index contributed by atoms with van der Waals surface area (Å²) in [6, 6.07) is 0.0626. The van der Waals surface area contributed by atoms with Crippen LogP contribution in [0.2, 0.25) is 0 Å². The number of carbonyl (C=O) groups is 1. The second-order valence-electron chi connectivity index (χ2n) is 4.89. The second kappa shape index (κ2) is 5.87. The Hall–Kier alpha value is -1.86. The van der Waals surface area contributed by atoms with E-state index in [0.717, 1.165) is 0 Å². The highest BCUT2D eigenvalue weighted by Crippen LogP contribution is 2.31. The average molecular weight is 306 g/mol. The minimum absolute atomic E-state index is 0.292. The fourth-order valence-electron chi connectivity index (χ4n) is 2.25. The third kappa shape index (κ3) is 3.43. The van der Waals surface area contributed by atoms with Gasteiger partial charge in [-0.3, -0.25) is 4.79 Å². The van der Waals surface area contributed by atoms with Gasteiger partial charge in [-0.15, -0.1) is 0 Å². The zero-order valence-corrected chi connectivity index (χ0v) is 11.2. The third-order valence-corrected chi connectivity index (χ3v) is 3.50. The summed E-state index contributed by atoms with van der Waals surface area (Å²) >= 11 is 0. The number of alkyl halides is 3. The summed E-state index contributed by atoms with van der Waals surface area (Å²) in [5, 5.41) is 0. The van der Waals surface area contributed by atoms with Crippen LogP contribution < -0.4 is 4.74 Å². The van der Waals surface area contributed by atoms with E-state index in [-0.39, 0.29) is 6.04 Å². The fourth-order valence-corrected chi connectivity index (χ4v) is 2.25.